The maximum absolute atomic E-state index is 11.7. The topological polar surface area (TPSA) is 58.4 Å². The van der Waals surface area contributed by atoms with Crippen LogP contribution in [0.25, 0.3) is 5.69 Å². The first kappa shape index (κ1) is 15.4. The highest BCUT2D eigenvalue weighted by molar-refractivity contribution is 5.74. The van der Waals surface area contributed by atoms with Gasteiger partial charge in [-0.25, -0.2) is 4.68 Å². The Morgan fingerprint density at radius 1 is 1.21 bits per heavy atom. The van der Waals surface area contributed by atoms with Gasteiger partial charge in [-0.05, 0) is 37.3 Å². The highest BCUT2D eigenvalue weighted by Crippen LogP contribution is 2.40. The predicted octanol–water partition coefficient (Wildman–Crippen LogP) is 3.09. The van der Waals surface area contributed by atoms with Crippen molar-refractivity contribution in [3.63, 3.8) is 0 Å². The molecule has 3 atom stereocenters. The van der Waals surface area contributed by atoms with Crippen LogP contribution in [0.15, 0.2) is 42.7 Å². The Balaban J connectivity index is 1.55. The number of nitrogens with zero attached hydrogens (tertiary/aromatic N) is 3. The molecular formula is C19H23N3O2. The molecule has 5 nitrogen and oxygen atoms in total. The minimum absolute atomic E-state index is 0.349. The molecule has 1 aliphatic heterocycles. The molecule has 0 amide bonds. The lowest BCUT2D eigenvalue weighted by Gasteiger charge is -2.32. The van der Waals surface area contributed by atoms with Crippen LogP contribution in [0.1, 0.15) is 37.7 Å². The van der Waals surface area contributed by atoms with E-state index in [1.807, 2.05) is 47.4 Å². The number of hydrogen-bond donors (Lipinski definition) is 1. The molecule has 1 aliphatic carbocycles. The smallest absolute Gasteiger partial charge is 0.320 e. The van der Waals surface area contributed by atoms with Crippen molar-refractivity contribution in [3.8, 4) is 5.69 Å². The number of benzene rings is 1. The van der Waals surface area contributed by atoms with Gasteiger partial charge in [-0.3, -0.25) is 9.69 Å². The molecule has 5 heteroatoms. The summed E-state index contributed by atoms with van der Waals surface area (Å²) >= 11 is 0. The first-order chi connectivity index (χ1) is 11.7. The van der Waals surface area contributed by atoms with Gasteiger partial charge >= 0.3 is 5.97 Å². The van der Waals surface area contributed by atoms with E-state index < -0.39 is 5.97 Å². The molecule has 2 fully saturated rings. The molecule has 24 heavy (non-hydrogen) atoms. The fraction of sp³-hybridized carbons (Fsp3) is 0.474. The zero-order chi connectivity index (χ0) is 16.5. The molecule has 2 heterocycles. The van der Waals surface area contributed by atoms with Gasteiger partial charge in [0.15, 0.2) is 0 Å². The van der Waals surface area contributed by atoms with Crippen LogP contribution in [0, 0.1) is 5.92 Å². The molecule has 1 aromatic carbocycles. The lowest BCUT2D eigenvalue weighted by atomic mass is 9.85. The Hall–Kier alpha value is -2.14. The second-order valence-electron chi connectivity index (χ2n) is 7.00. The van der Waals surface area contributed by atoms with Crippen LogP contribution in [0.4, 0.5) is 0 Å². The average molecular weight is 325 g/mol. The molecule has 2 aliphatic rings. The van der Waals surface area contributed by atoms with Crippen molar-refractivity contribution in [3.05, 3.63) is 48.3 Å². The van der Waals surface area contributed by atoms with Gasteiger partial charge in [0.1, 0.15) is 6.04 Å². The molecule has 2 aromatic rings. The monoisotopic (exact) mass is 325 g/mol. The number of carbonyl (C=O) groups is 1. The van der Waals surface area contributed by atoms with Gasteiger partial charge in [0, 0.05) is 24.3 Å². The predicted molar refractivity (Wildman–Crippen MR) is 90.9 cm³/mol. The summed E-state index contributed by atoms with van der Waals surface area (Å²) in [6.45, 7) is 0.672. The summed E-state index contributed by atoms with van der Waals surface area (Å²) in [5.74, 6) is -0.135. The molecule has 0 unspecified atom stereocenters. The number of carboxylic acid groups (broad SMARTS) is 1. The summed E-state index contributed by atoms with van der Waals surface area (Å²) in [5, 5.41) is 14.1. The number of carboxylic acids is 1. The number of fused-ring (bicyclic) bond motifs is 1. The number of aromatic nitrogens is 2. The van der Waals surface area contributed by atoms with E-state index >= 15 is 0 Å². The molecule has 1 aromatic heterocycles. The SMILES string of the molecule is O=C(O)[C@@H]1C[C@H]2CCCC[C@@H]2N1Cc1cnn(-c2ccccc2)c1. The van der Waals surface area contributed by atoms with Crippen molar-refractivity contribution < 1.29 is 9.90 Å². The number of aliphatic carboxylic acids is 1. The Kier molecular flexibility index (Phi) is 4.10. The summed E-state index contributed by atoms with van der Waals surface area (Å²) < 4.78 is 1.86. The van der Waals surface area contributed by atoms with E-state index in [2.05, 4.69) is 10.00 Å². The summed E-state index contributed by atoms with van der Waals surface area (Å²) in [6.07, 6.45) is 9.44. The summed E-state index contributed by atoms with van der Waals surface area (Å²) in [4.78, 5) is 13.9. The van der Waals surface area contributed by atoms with Crippen molar-refractivity contribution >= 4 is 5.97 Å². The Bertz CT molecular complexity index is 712. The lowest BCUT2D eigenvalue weighted by molar-refractivity contribution is -0.142. The third kappa shape index (κ3) is 2.84. The maximum atomic E-state index is 11.7. The lowest BCUT2D eigenvalue weighted by Crippen LogP contribution is -2.41. The van der Waals surface area contributed by atoms with Gasteiger partial charge < -0.3 is 5.11 Å². The first-order valence-electron chi connectivity index (χ1n) is 8.80. The number of rotatable bonds is 4. The fourth-order valence-electron chi connectivity index (χ4n) is 4.40. The third-order valence-electron chi connectivity index (χ3n) is 5.53. The minimum Gasteiger partial charge on any atom is -0.480 e. The molecule has 1 saturated heterocycles. The second kappa shape index (κ2) is 6.40. The largest absolute Gasteiger partial charge is 0.480 e. The molecule has 4 rings (SSSR count). The van der Waals surface area contributed by atoms with Gasteiger partial charge in [0.05, 0.1) is 11.9 Å². The zero-order valence-electron chi connectivity index (χ0n) is 13.7. The summed E-state index contributed by atoms with van der Waals surface area (Å²) in [7, 11) is 0. The van der Waals surface area contributed by atoms with Crippen molar-refractivity contribution in [1.82, 2.24) is 14.7 Å². The van der Waals surface area contributed by atoms with Crippen LogP contribution in [-0.4, -0.2) is 37.8 Å². The van der Waals surface area contributed by atoms with E-state index in [-0.39, 0.29) is 6.04 Å². The first-order valence-corrected chi connectivity index (χ1v) is 8.80. The van der Waals surface area contributed by atoms with Crippen molar-refractivity contribution in [2.45, 2.75) is 50.7 Å². The Morgan fingerprint density at radius 3 is 2.79 bits per heavy atom. The van der Waals surface area contributed by atoms with Crippen molar-refractivity contribution in [1.29, 1.82) is 0 Å². The number of likely N-dealkylation sites (tertiary alicyclic amines) is 1. The highest BCUT2D eigenvalue weighted by atomic mass is 16.4. The summed E-state index contributed by atoms with van der Waals surface area (Å²) in [6, 6.07) is 10.1. The van der Waals surface area contributed by atoms with Crippen LogP contribution in [0.2, 0.25) is 0 Å². The summed E-state index contributed by atoms with van der Waals surface area (Å²) in [5.41, 5.74) is 2.10. The molecule has 1 N–H and O–H groups in total. The van der Waals surface area contributed by atoms with Crippen LogP contribution in [0.3, 0.4) is 0 Å². The van der Waals surface area contributed by atoms with Gasteiger partial charge in [-0.1, -0.05) is 31.0 Å². The third-order valence-corrected chi connectivity index (χ3v) is 5.53. The molecule has 0 bridgehead atoms. The molecule has 126 valence electrons. The molecule has 0 spiro atoms. The van der Waals surface area contributed by atoms with Crippen LogP contribution >= 0.6 is 0 Å². The van der Waals surface area contributed by atoms with Crippen molar-refractivity contribution in [2.75, 3.05) is 0 Å². The van der Waals surface area contributed by atoms with Crippen LogP contribution < -0.4 is 0 Å². The average Bonchev–Trinajstić information content (AvgIpc) is 3.21. The van der Waals surface area contributed by atoms with E-state index in [1.54, 1.807) is 0 Å². The zero-order valence-corrected chi connectivity index (χ0v) is 13.7. The fourth-order valence-corrected chi connectivity index (χ4v) is 4.40. The molecular weight excluding hydrogens is 302 g/mol. The van der Waals surface area contributed by atoms with E-state index in [0.717, 1.165) is 24.1 Å². The van der Waals surface area contributed by atoms with E-state index in [4.69, 9.17) is 0 Å². The van der Waals surface area contributed by atoms with Crippen molar-refractivity contribution in [2.24, 2.45) is 5.92 Å². The van der Waals surface area contributed by atoms with Crippen LogP contribution in [0.5, 0.6) is 0 Å². The van der Waals surface area contributed by atoms with Gasteiger partial charge in [-0.15, -0.1) is 0 Å². The molecule has 0 radical (unpaired) electrons. The normalized spacial score (nSPS) is 27.1. The Morgan fingerprint density at radius 2 is 2.00 bits per heavy atom. The standard InChI is InChI=1S/C19H23N3O2/c23-19(24)18-10-15-6-4-5-9-17(15)21(18)12-14-11-20-22(13-14)16-7-2-1-3-8-16/h1-3,7-8,11,13,15,17-18H,4-6,9-10,12H2,(H,23,24)/t15-,17+,18+/m1/s1. The number of para-hydroxylation sites is 1. The second-order valence-corrected chi connectivity index (χ2v) is 7.00. The van der Waals surface area contributed by atoms with Gasteiger partial charge in [-0.2, -0.15) is 5.10 Å². The van der Waals surface area contributed by atoms with E-state index in [1.165, 1.54) is 19.3 Å². The maximum Gasteiger partial charge on any atom is 0.320 e. The Labute approximate surface area is 141 Å². The van der Waals surface area contributed by atoms with E-state index in [9.17, 15) is 9.90 Å². The highest BCUT2D eigenvalue weighted by Gasteiger charge is 2.45. The molecule has 1 saturated carbocycles. The number of hydrogen-bond acceptors (Lipinski definition) is 3. The quantitative estimate of drug-likeness (QED) is 0.938. The van der Waals surface area contributed by atoms with Gasteiger partial charge in [0.25, 0.3) is 0 Å². The van der Waals surface area contributed by atoms with Gasteiger partial charge in [0.2, 0.25) is 0 Å². The van der Waals surface area contributed by atoms with Crippen LogP contribution in [-0.2, 0) is 11.3 Å². The minimum atomic E-state index is -0.681. The van der Waals surface area contributed by atoms with E-state index in [0.29, 0.717) is 18.5 Å².